The number of piperidine rings is 1. The molecule has 1 fully saturated rings. The summed E-state index contributed by atoms with van der Waals surface area (Å²) in [5.74, 6) is 0.291. The average Bonchev–Trinajstić information content (AvgIpc) is 3.04. The number of amides is 1. The molecule has 0 bridgehead atoms. The predicted molar refractivity (Wildman–Crippen MR) is 95.5 cm³/mol. The molecule has 0 radical (unpaired) electrons. The van der Waals surface area contributed by atoms with Crippen LogP contribution in [-0.4, -0.2) is 29.0 Å². The number of aromatic nitrogens is 2. The second kappa shape index (κ2) is 8.38. The van der Waals surface area contributed by atoms with Gasteiger partial charge < -0.3 is 10.6 Å². The van der Waals surface area contributed by atoms with Crippen LogP contribution in [0.25, 0.3) is 0 Å². The van der Waals surface area contributed by atoms with E-state index in [1.807, 2.05) is 25.3 Å². The molecule has 0 aliphatic carbocycles. The van der Waals surface area contributed by atoms with Crippen molar-refractivity contribution in [2.75, 3.05) is 18.4 Å². The van der Waals surface area contributed by atoms with Crippen LogP contribution in [0.2, 0.25) is 0 Å². The highest BCUT2D eigenvalue weighted by atomic mass is 35.5. The van der Waals surface area contributed by atoms with Crippen molar-refractivity contribution in [2.45, 2.75) is 31.6 Å². The molecule has 3 heterocycles. The Morgan fingerprint density at radius 1 is 1.39 bits per heavy atom. The minimum absolute atomic E-state index is 0. The molecule has 0 saturated carbocycles. The largest absolute Gasteiger partial charge is 0.317 e. The van der Waals surface area contributed by atoms with Crippen molar-refractivity contribution < 1.29 is 4.79 Å². The molecule has 1 unspecified atom stereocenters. The van der Waals surface area contributed by atoms with E-state index in [4.69, 9.17) is 0 Å². The number of nitrogens with zero attached hydrogens (tertiary/aromatic N) is 2. The lowest BCUT2D eigenvalue weighted by Gasteiger charge is -2.20. The van der Waals surface area contributed by atoms with E-state index < -0.39 is 0 Å². The van der Waals surface area contributed by atoms with Gasteiger partial charge in [0, 0.05) is 23.5 Å². The number of pyridine rings is 1. The summed E-state index contributed by atoms with van der Waals surface area (Å²) in [4.78, 5) is 22.0. The molecule has 1 aliphatic heterocycles. The fourth-order valence-electron chi connectivity index (χ4n) is 2.64. The number of anilines is 1. The van der Waals surface area contributed by atoms with Gasteiger partial charge in [-0.15, -0.1) is 23.7 Å². The summed E-state index contributed by atoms with van der Waals surface area (Å²) in [5, 5.41) is 6.98. The van der Waals surface area contributed by atoms with Gasteiger partial charge in [-0.2, -0.15) is 0 Å². The highest BCUT2D eigenvalue weighted by Crippen LogP contribution is 2.32. The van der Waals surface area contributed by atoms with Gasteiger partial charge in [-0.3, -0.25) is 9.78 Å². The molecule has 0 aromatic carbocycles. The average molecular weight is 353 g/mol. The van der Waals surface area contributed by atoms with Crippen molar-refractivity contribution >= 4 is 34.8 Å². The first-order chi connectivity index (χ1) is 10.7. The van der Waals surface area contributed by atoms with Gasteiger partial charge in [0.1, 0.15) is 0 Å². The number of halogens is 1. The predicted octanol–water partition coefficient (Wildman–Crippen LogP) is 3.17. The number of carbonyl (C=O) groups excluding carboxylic acids is 1. The number of nitrogens with one attached hydrogen (secondary N) is 2. The maximum absolute atomic E-state index is 12.3. The second-order valence-electron chi connectivity index (χ2n) is 5.59. The third-order valence-electron chi connectivity index (χ3n) is 4.07. The van der Waals surface area contributed by atoms with Crippen molar-refractivity contribution in [3.8, 4) is 0 Å². The van der Waals surface area contributed by atoms with Crippen molar-refractivity contribution in [1.29, 1.82) is 0 Å². The minimum atomic E-state index is -0.236. The molecule has 1 amide bonds. The van der Waals surface area contributed by atoms with E-state index in [0.717, 1.165) is 31.5 Å². The molecule has 0 spiro atoms. The van der Waals surface area contributed by atoms with Gasteiger partial charge in [-0.05, 0) is 50.4 Å². The zero-order valence-electron chi connectivity index (χ0n) is 13.0. The Morgan fingerprint density at radius 3 is 2.87 bits per heavy atom. The lowest BCUT2D eigenvalue weighted by atomic mass is 9.97. The van der Waals surface area contributed by atoms with Crippen LogP contribution in [0.15, 0.2) is 30.7 Å². The van der Waals surface area contributed by atoms with Gasteiger partial charge >= 0.3 is 0 Å². The molecule has 3 rings (SSSR count). The number of rotatable bonds is 4. The van der Waals surface area contributed by atoms with Gasteiger partial charge in [0.25, 0.3) is 0 Å². The van der Waals surface area contributed by atoms with Gasteiger partial charge in [0.2, 0.25) is 5.91 Å². The third-order valence-corrected chi connectivity index (χ3v) is 5.15. The monoisotopic (exact) mass is 352 g/mol. The Bertz CT molecular complexity index is 628. The topological polar surface area (TPSA) is 66.9 Å². The smallest absolute Gasteiger partial charge is 0.233 e. The van der Waals surface area contributed by atoms with Gasteiger partial charge in [-0.25, -0.2) is 4.98 Å². The molecule has 1 aliphatic rings. The zero-order chi connectivity index (χ0) is 15.4. The fourth-order valence-corrected chi connectivity index (χ4v) is 3.62. The van der Waals surface area contributed by atoms with Crippen LogP contribution in [0, 0.1) is 0 Å². The highest BCUT2D eigenvalue weighted by Gasteiger charge is 2.20. The van der Waals surface area contributed by atoms with Crippen molar-refractivity contribution in [3.05, 3.63) is 41.2 Å². The summed E-state index contributed by atoms with van der Waals surface area (Å²) in [7, 11) is 0. The molecule has 1 atom stereocenters. The van der Waals surface area contributed by atoms with Crippen LogP contribution in [-0.2, 0) is 4.79 Å². The number of thiazole rings is 1. The Hall–Kier alpha value is -1.50. The third kappa shape index (κ3) is 4.50. The van der Waals surface area contributed by atoms with Crippen LogP contribution >= 0.6 is 23.7 Å². The quantitative estimate of drug-likeness (QED) is 0.886. The number of hydrogen-bond acceptors (Lipinski definition) is 5. The Balaban J connectivity index is 0.00000192. The maximum Gasteiger partial charge on any atom is 0.233 e. The summed E-state index contributed by atoms with van der Waals surface area (Å²) in [6.07, 6.45) is 7.63. The van der Waals surface area contributed by atoms with E-state index in [-0.39, 0.29) is 24.2 Å². The summed E-state index contributed by atoms with van der Waals surface area (Å²) < 4.78 is 0. The normalized spacial score (nSPS) is 16.4. The van der Waals surface area contributed by atoms with E-state index in [0.29, 0.717) is 11.0 Å². The zero-order valence-corrected chi connectivity index (χ0v) is 14.6. The van der Waals surface area contributed by atoms with Gasteiger partial charge in [0.05, 0.1) is 5.92 Å². The second-order valence-corrected chi connectivity index (χ2v) is 6.65. The van der Waals surface area contributed by atoms with E-state index in [1.54, 1.807) is 23.7 Å². The Kier molecular flexibility index (Phi) is 6.50. The maximum atomic E-state index is 12.3. The molecule has 2 N–H and O–H groups in total. The lowest BCUT2D eigenvalue weighted by molar-refractivity contribution is -0.117. The first-order valence-electron chi connectivity index (χ1n) is 7.61. The van der Waals surface area contributed by atoms with E-state index >= 15 is 0 Å². The van der Waals surface area contributed by atoms with Crippen LogP contribution in [0.3, 0.4) is 0 Å². The molecule has 124 valence electrons. The summed E-state index contributed by atoms with van der Waals surface area (Å²) in [5.41, 5.74) is 0.912. The number of hydrogen-bond donors (Lipinski definition) is 2. The Morgan fingerprint density at radius 2 is 2.17 bits per heavy atom. The SMILES string of the molecule is CC(C(=O)Nc1ncc(C2CCNCC2)s1)c1cccnc1.Cl. The fraction of sp³-hybridized carbons (Fsp3) is 0.438. The Labute approximate surface area is 146 Å². The first kappa shape index (κ1) is 17.8. The summed E-state index contributed by atoms with van der Waals surface area (Å²) in [6, 6.07) is 3.76. The van der Waals surface area contributed by atoms with Crippen LogP contribution in [0.5, 0.6) is 0 Å². The molecular weight excluding hydrogens is 332 g/mol. The van der Waals surface area contributed by atoms with Crippen molar-refractivity contribution in [2.24, 2.45) is 0 Å². The standard InChI is InChI=1S/C16H20N4OS.ClH/c1-11(13-3-2-6-18-9-13)15(21)20-16-19-10-14(22-16)12-4-7-17-8-5-12;/h2-3,6,9-12,17H,4-5,7-8H2,1H3,(H,19,20,21);1H. The van der Waals surface area contributed by atoms with Crippen molar-refractivity contribution in [3.63, 3.8) is 0 Å². The molecule has 23 heavy (non-hydrogen) atoms. The number of carbonyl (C=O) groups is 1. The summed E-state index contributed by atoms with van der Waals surface area (Å²) in [6.45, 7) is 4.00. The summed E-state index contributed by atoms with van der Waals surface area (Å²) >= 11 is 1.59. The van der Waals surface area contributed by atoms with Crippen LogP contribution < -0.4 is 10.6 Å². The van der Waals surface area contributed by atoms with Gasteiger partial charge in [-0.1, -0.05) is 6.07 Å². The van der Waals surface area contributed by atoms with Gasteiger partial charge in [0.15, 0.2) is 5.13 Å². The van der Waals surface area contributed by atoms with Crippen molar-refractivity contribution in [1.82, 2.24) is 15.3 Å². The first-order valence-corrected chi connectivity index (χ1v) is 8.43. The lowest BCUT2D eigenvalue weighted by Crippen LogP contribution is -2.26. The van der Waals surface area contributed by atoms with E-state index in [2.05, 4.69) is 20.6 Å². The molecule has 5 nitrogen and oxygen atoms in total. The molecule has 2 aromatic heterocycles. The van der Waals surface area contributed by atoms with Crippen LogP contribution in [0.1, 0.15) is 42.0 Å². The van der Waals surface area contributed by atoms with E-state index in [1.165, 1.54) is 4.88 Å². The van der Waals surface area contributed by atoms with E-state index in [9.17, 15) is 4.79 Å². The molecular formula is C16H21ClN4OS. The molecule has 1 saturated heterocycles. The highest BCUT2D eigenvalue weighted by molar-refractivity contribution is 7.15. The molecule has 2 aromatic rings. The molecule has 7 heteroatoms. The minimum Gasteiger partial charge on any atom is -0.317 e. The van der Waals surface area contributed by atoms with Crippen LogP contribution in [0.4, 0.5) is 5.13 Å².